The number of rotatable bonds is 9. The zero-order valence-corrected chi connectivity index (χ0v) is 16.8. The van der Waals surface area contributed by atoms with E-state index in [0.717, 1.165) is 64.0 Å². The van der Waals surface area contributed by atoms with Crippen molar-refractivity contribution in [3.05, 3.63) is 24.2 Å². The molecule has 6 nitrogen and oxygen atoms in total. The van der Waals surface area contributed by atoms with E-state index in [1.807, 2.05) is 12.1 Å². The van der Waals surface area contributed by atoms with Crippen LogP contribution in [0.5, 0.6) is 0 Å². The number of ether oxygens (including phenoxy) is 1. The second-order valence-electron chi connectivity index (χ2n) is 7.36. The van der Waals surface area contributed by atoms with Gasteiger partial charge in [-0.25, -0.2) is 0 Å². The van der Waals surface area contributed by atoms with E-state index in [-0.39, 0.29) is 0 Å². The smallest absolute Gasteiger partial charge is 0.191 e. The van der Waals surface area contributed by atoms with Gasteiger partial charge in [0.15, 0.2) is 5.96 Å². The number of aliphatic imine (C=N–C) groups is 1. The van der Waals surface area contributed by atoms with Crippen LogP contribution in [-0.4, -0.2) is 62.3 Å². The molecule has 2 N–H and O–H groups in total. The Balaban J connectivity index is 1.94. The van der Waals surface area contributed by atoms with Crippen LogP contribution >= 0.6 is 0 Å². The normalized spacial score (nSPS) is 18.7. The summed E-state index contributed by atoms with van der Waals surface area (Å²) in [6, 6.07) is 4.77. The highest BCUT2D eigenvalue weighted by Crippen LogP contribution is 2.13. The molecule has 26 heavy (non-hydrogen) atoms. The summed E-state index contributed by atoms with van der Waals surface area (Å²) in [6.45, 7) is 14.2. The van der Waals surface area contributed by atoms with E-state index < -0.39 is 0 Å². The van der Waals surface area contributed by atoms with Crippen LogP contribution in [0, 0.1) is 5.92 Å². The Morgan fingerprint density at radius 1 is 1.27 bits per heavy atom. The van der Waals surface area contributed by atoms with Gasteiger partial charge in [0.25, 0.3) is 0 Å². The first-order chi connectivity index (χ1) is 12.6. The van der Waals surface area contributed by atoms with Crippen molar-refractivity contribution in [2.75, 3.05) is 39.4 Å². The van der Waals surface area contributed by atoms with Gasteiger partial charge in [-0.1, -0.05) is 20.8 Å². The lowest BCUT2D eigenvalue weighted by atomic mass is 10.0. The first kappa shape index (κ1) is 20.8. The van der Waals surface area contributed by atoms with Gasteiger partial charge in [-0.2, -0.15) is 0 Å². The van der Waals surface area contributed by atoms with Gasteiger partial charge in [0.1, 0.15) is 5.76 Å². The van der Waals surface area contributed by atoms with Crippen molar-refractivity contribution in [1.29, 1.82) is 0 Å². The summed E-state index contributed by atoms with van der Waals surface area (Å²) in [5, 5.41) is 6.97. The first-order valence-electron chi connectivity index (χ1n) is 9.99. The van der Waals surface area contributed by atoms with Gasteiger partial charge < -0.3 is 19.8 Å². The summed E-state index contributed by atoms with van der Waals surface area (Å²) in [7, 11) is 0. The molecule has 0 spiro atoms. The average molecular weight is 365 g/mol. The lowest BCUT2D eigenvalue weighted by molar-refractivity contribution is 0.00867. The highest BCUT2D eigenvalue weighted by atomic mass is 16.5. The Bertz CT molecular complexity index is 510. The molecule has 0 saturated carbocycles. The summed E-state index contributed by atoms with van der Waals surface area (Å²) < 4.78 is 10.9. The molecule has 1 aromatic rings. The lowest BCUT2D eigenvalue weighted by Gasteiger charge is -2.36. The molecule has 0 radical (unpaired) electrons. The SMILES string of the molecule is CCC(C)NC(=NCC(C(C)C)N1CCOCC1)NCCc1ccco1. The Morgan fingerprint density at radius 3 is 2.65 bits per heavy atom. The number of nitrogens with zero attached hydrogens (tertiary/aromatic N) is 2. The van der Waals surface area contributed by atoms with Crippen LogP contribution in [0.3, 0.4) is 0 Å². The maximum Gasteiger partial charge on any atom is 0.191 e. The fourth-order valence-corrected chi connectivity index (χ4v) is 3.09. The van der Waals surface area contributed by atoms with Crippen LogP contribution in [0.4, 0.5) is 0 Å². The monoisotopic (exact) mass is 364 g/mol. The molecule has 2 heterocycles. The number of hydrogen-bond donors (Lipinski definition) is 2. The van der Waals surface area contributed by atoms with Gasteiger partial charge in [-0.3, -0.25) is 9.89 Å². The molecule has 1 aliphatic heterocycles. The molecule has 1 aliphatic rings. The minimum atomic E-state index is 0.394. The molecule has 1 saturated heterocycles. The van der Waals surface area contributed by atoms with Gasteiger partial charge in [0.05, 0.1) is 26.0 Å². The molecule has 0 aromatic carbocycles. The van der Waals surface area contributed by atoms with Crippen molar-refractivity contribution < 1.29 is 9.15 Å². The van der Waals surface area contributed by atoms with Crippen molar-refractivity contribution in [3.8, 4) is 0 Å². The van der Waals surface area contributed by atoms with Crippen LogP contribution in [-0.2, 0) is 11.2 Å². The summed E-state index contributed by atoms with van der Waals surface area (Å²) in [5.41, 5.74) is 0. The van der Waals surface area contributed by atoms with E-state index in [2.05, 4.69) is 43.2 Å². The van der Waals surface area contributed by atoms with Crippen molar-refractivity contribution in [2.24, 2.45) is 10.9 Å². The minimum Gasteiger partial charge on any atom is -0.469 e. The van der Waals surface area contributed by atoms with Gasteiger partial charge in [-0.05, 0) is 31.4 Å². The number of morpholine rings is 1. The van der Waals surface area contributed by atoms with Crippen LogP contribution in [0.25, 0.3) is 0 Å². The van der Waals surface area contributed by atoms with E-state index in [0.29, 0.717) is 18.0 Å². The van der Waals surface area contributed by atoms with Crippen LogP contribution in [0.1, 0.15) is 39.9 Å². The average Bonchev–Trinajstić information content (AvgIpc) is 3.15. The molecule has 2 rings (SSSR count). The fraction of sp³-hybridized carbons (Fsp3) is 0.750. The van der Waals surface area contributed by atoms with Crippen molar-refractivity contribution in [2.45, 2.75) is 52.6 Å². The van der Waals surface area contributed by atoms with E-state index in [1.165, 1.54) is 0 Å². The zero-order valence-electron chi connectivity index (χ0n) is 16.8. The lowest BCUT2D eigenvalue weighted by Crippen LogP contribution is -2.48. The summed E-state index contributed by atoms with van der Waals surface area (Å²) in [5.74, 6) is 2.45. The van der Waals surface area contributed by atoms with Crippen LogP contribution in [0.2, 0.25) is 0 Å². The first-order valence-corrected chi connectivity index (χ1v) is 9.99. The molecular formula is C20H36N4O2. The predicted molar refractivity (Wildman–Crippen MR) is 107 cm³/mol. The third-order valence-corrected chi connectivity index (χ3v) is 4.96. The molecule has 1 aromatic heterocycles. The molecule has 2 unspecified atom stereocenters. The number of hydrogen-bond acceptors (Lipinski definition) is 4. The largest absolute Gasteiger partial charge is 0.469 e. The minimum absolute atomic E-state index is 0.394. The van der Waals surface area contributed by atoms with Crippen LogP contribution in [0.15, 0.2) is 27.8 Å². The molecule has 2 atom stereocenters. The molecule has 148 valence electrons. The Morgan fingerprint density at radius 2 is 2.04 bits per heavy atom. The van der Waals surface area contributed by atoms with Crippen LogP contribution < -0.4 is 10.6 Å². The van der Waals surface area contributed by atoms with Gasteiger partial charge in [-0.15, -0.1) is 0 Å². The van der Waals surface area contributed by atoms with Crippen molar-refractivity contribution in [3.63, 3.8) is 0 Å². The molecule has 6 heteroatoms. The second-order valence-corrected chi connectivity index (χ2v) is 7.36. The summed E-state index contributed by atoms with van der Waals surface area (Å²) in [6.07, 6.45) is 3.64. The van der Waals surface area contributed by atoms with Gasteiger partial charge in [0, 0.05) is 38.1 Å². The molecule has 0 bridgehead atoms. The maximum absolute atomic E-state index is 5.50. The Kier molecular flexibility index (Phi) is 8.98. The third-order valence-electron chi connectivity index (χ3n) is 4.96. The third kappa shape index (κ3) is 7.00. The van der Waals surface area contributed by atoms with E-state index >= 15 is 0 Å². The molecule has 0 aliphatic carbocycles. The zero-order chi connectivity index (χ0) is 18.8. The second kappa shape index (κ2) is 11.2. The maximum atomic E-state index is 5.50. The topological polar surface area (TPSA) is 62.0 Å². The van der Waals surface area contributed by atoms with E-state index in [1.54, 1.807) is 6.26 Å². The van der Waals surface area contributed by atoms with Crippen molar-refractivity contribution in [1.82, 2.24) is 15.5 Å². The number of guanidine groups is 1. The fourth-order valence-electron chi connectivity index (χ4n) is 3.09. The summed E-state index contributed by atoms with van der Waals surface area (Å²) in [4.78, 5) is 7.42. The molecule has 0 amide bonds. The standard InChI is InChI=1S/C20H36N4O2/c1-5-17(4)23-20(21-9-8-18-7-6-12-26-18)22-15-19(16(2)3)24-10-13-25-14-11-24/h6-7,12,16-17,19H,5,8-11,13-15H2,1-4H3,(H2,21,22,23). The summed E-state index contributed by atoms with van der Waals surface area (Å²) >= 11 is 0. The van der Waals surface area contributed by atoms with Gasteiger partial charge in [0.2, 0.25) is 0 Å². The molecule has 1 fully saturated rings. The van der Waals surface area contributed by atoms with E-state index in [9.17, 15) is 0 Å². The number of nitrogens with one attached hydrogen (secondary N) is 2. The highest BCUT2D eigenvalue weighted by Gasteiger charge is 2.23. The highest BCUT2D eigenvalue weighted by molar-refractivity contribution is 5.80. The van der Waals surface area contributed by atoms with Crippen molar-refractivity contribution >= 4 is 5.96 Å². The predicted octanol–water partition coefficient (Wildman–Crippen LogP) is 2.51. The number of furan rings is 1. The van der Waals surface area contributed by atoms with E-state index in [4.69, 9.17) is 14.1 Å². The van der Waals surface area contributed by atoms with Gasteiger partial charge >= 0.3 is 0 Å². The molecular weight excluding hydrogens is 328 g/mol. The Labute approximate surface area is 158 Å². The quantitative estimate of drug-likeness (QED) is 0.521. The Hall–Kier alpha value is -1.53.